The fourth-order valence-electron chi connectivity index (χ4n) is 3.40. The molecule has 29 heavy (non-hydrogen) atoms. The van der Waals surface area contributed by atoms with Crippen molar-refractivity contribution in [2.75, 3.05) is 5.32 Å². The third-order valence-corrected chi connectivity index (χ3v) is 4.90. The van der Waals surface area contributed by atoms with Gasteiger partial charge >= 0.3 is 0 Å². The first kappa shape index (κ1) is 18.6. The standard InChI is InChI=1S/C24H21N3O2/c1-2-18-12-6-9-15-21(18)25-23(28)22-19-13-7-8-14-20(19)24(29)27(26-22)16-17-10-4-3-5-11-17/h3-15H,2,16H2,1H3,(H,25,28). The van der Waals surface area contributed by atoms with Gasteiger partial charge in [-0.25, -0.2) is 4.68 Å². The van der Waals surface area contributed by atoms with Crippen LogP contribution in [0.25, 0.3) is 10.8 Å². The van der Waals surface area contributed by atoms with E-state index < -0.39 is 0 Å². The molecular formula is C24H21N3O2. The van der Waals surface area contributed by atoms with E-state index in [9.17, 15) is 9.59 Å². The van der Waals surface area contributed by atoms with E-state index in [2.05, 4.69) is 10.4 Å². The largest absolute Gasteiger partial charge is 0.320 e. The van der Waals surface area contributed by atoms with E-state index in [0.29, 0.717) is 17.3 Å². The molecule has 0 aliphatic rings. The number of carbonyl (C=O) groups is 1. The molecule has 0 unspecified atom stereocenters. The average Bonchev–Trinajstić information content (AvgIpc) is 2.77. The summed E-state index contributed by atoms with van der Waals surface area (Å²) in [5.74, 6) is -0.330. The Hall–Kier alpha value is -3.73. The number of para-hydroxylation sites is 1. The van der Waals surface area contributed by atoms with Crippen LogP contribution in [0.1, 0.15) is 28.5 Å². The summed E-state index contributed by atoms with van der Waals surface area (Å²) in [6.45, 7) is 2.34. The number of aryl methyl sites for hydroxylation is 1. The van der Waals surface area contributed by atoms with Gasteiger partial charge in [-0.1, -0.05) is 73.7 Å². The Kier molecular flexibility index (Phi) is 5.20. The Morgan fingerprint density at radius 1 is 0.897 bits per heavy atom. The molecule has 4 aromatic rings. The molecule has 1 amide bonds. The maximum Gasteiger partial charge on any atom is 0.276 e. The van der Waals surface area contributed by atoms with E-state index >= 15 is 0 Å². The van der Waals surface area contributed by atoms with Crippen molar-refractivity contribution in [2.45, 2.75) is 19.9 Å². The van der Waals surface area contributed by atoms with Crippen LogP contribution in [-0.4, -0.2) is 15.7 Å². The first-order valence-electron chi connectivity index (χ1n) is 9.60. The van der Waals surface area contributed by atoms with Crippen LogP contribution in [0.5, 0.6) is 0 Å². The third-order valence-electron chi connectivity index (χ3n) is 4.90. The Bertz CT molecular complexity index is 1230. The van der Waals surface area contributed by atoms with E-state index in [0.717, 1.165) is 23.2 Å². The lowest BCUT2D eigenvalue weighted by atomic mass is 10.1. The molecule has 0 radical (unpaired) electrons. The predicted octanol–water partition coefficient (Wildman–Crippen LogP) is 4.26. The van der Waals surface area contributed by atoms with Crippen molar-refractivity contribution in [3.05, 3.63) is 106 Å². The number of hydrogen-bond donors (Lipinski definition) is 1. The van der Waals surface area contributed by atoms with Crippen LogP contribution >= 0.6 is 0 Å². The zero-order valence-electron chi connectivity index (χ0n) is 16.1. The predicted molar refractivity (Wildman–Crippen MR) is 115 cm³/mol. The minimum atomic E-state index is -0.330. The molecule has 4 rings (SSSR count). The summed E-state index contributed by atoms with van der Waals surface area (Å²) < 4.78 is 1.36. The van der Waals surface area contributed by atoms with Crippen LogP contribution < -0.4 is 10.9 Å². The smallest absolute Gasteiger partial charge is 0.276 e. The monoisotopic (exact) mass is 383 g/mol. The maximum atomic E-state index is 13.1. The number of hydrogen-bond acceptors (Lipinski definition) is 3. The van der Waals surface area contributed by atoms with E-state index in [1.54, 1.807) is 18.2 Å². The second-order valence-corrected chi connectivity index (χ2v) is 6.81. The van der Waals surface area contributed by atoms with Gasteiger partial charge in [0, 0.05) is 11.1 Å². The SMILES string of the molecule is CCc1ccccc1NC(=O)c1nn(Cc2ccccc2)c(=O)c2ccccc12. The zero-order valence-corrected chi connectivity index (χ0v) is 16.1. The molecule has 5 nitrogen and oxygen atoms in total. The lowest BCUT2D eigenvalue weighted by Gasteiger charge is -2.13. The number of benzene rings is 3. The molecule has 0 saturated heterocycles. The molecule has 0 atom stereocenters. The molecule has 1 aromatic heterocycles. The summed E-state index contributed by atoms with van der Waals surface area (Å²) in [6, 6.07) is 24.4. The second-order valence-electron chi connectivity index (χ2n) is 6.81. The van der Waals surface area contributed by atoms with Crippen molar-refractivity contribution < 1.29 is 4.79 Å². The van der Waals surface area contributed by atoms with Crippen molar-refractivity contribution in [1.29, 1.82) is 0 Å². The highest BCUT2D eigenvalue weighted by Crippen LogP contribution is 2.19. The lowest BCUT2D eigenvalue weighted by Crippen LogP contribution is -2.28. The van der Waals surface area contributed by atoms with E-state index in [1.165, 1.54) is 4.68 Å². The molecule has 1 N–H and O–H groups in total. The summed E-state index contributed by atoms with van der Waals surface area (Å²) in [5.41, 5.74) is 2.77. The van der Waals surface area contributed by atoms with Crippen molar-refractivity contribution in [1.82, 2.24) is 9.78 Å². The Morgan fingerprint density at radius 3 is 2.31 bits per heavy atom. The number of nitrogens with one attached hydrogen (secondary N) is 1. The summed E-state index contributed by atoms with van der Waals surface area (Å²) >= 11 is 0. The molecule has 0 spiro atoms. The van der Waals surface area contributed by atoms with Crippen LogP contribution in [0.4, 0.5) is 5.69 Å². The van der Waals surface area contributed by atoms with Gasteiger partial charge in [0.15, 0.2) is 5.69 Å². The van der Waals surface area contributed by atoms with Gasteiger partial charge in [-0.05, 0) is 29.7 Å². The van der Waals surface area contributed by atoms with Crippen LogP contribution in [0, 0.1) is 0 Å². The quantitative estimate of drug-likeness (QED) is 0.560. The molecule has 0 aliphatic heterocycles. The van der Waals surface area contributed by atoms with Gasteiger partial charge < -0.3 is 5.32 Å². The third kappa shape index (κ3) is 3.80. The van der Waals surface area contributed by atoms with Crippen LogP contribution in [0.2, 0.25) is 0 Å². The second kappa shape index (κ2) is 8.10. The Morgan fingerprint density at radius 2 is 1.55 bits per heavy atom. The van der Waals surface area contributed by atoms with Gasteiger partial charge in [0.2, 0.25) is 0 Å². The van der Waals surface area contributed by atoms with Gasteiger partial charge in [-0.2, -0.15) is 5.10 Å². The summed E-state index contributed by atoms with van der Waals surface area (Å²) in [6.07, 6.45) is 0.804. The number of carbonyl (C=O) groups excluding carboxylic acids is 1. The van der Waals surface area contributed by atoms with Gasteiger partial charge in [-0.3, -0.25) is 9.59 Å². The zero-order chi connectivity index (χ0) is 20.2. The number of amides is 1. The van der Waals surface area contributed by atoms with Crippen LogP contribution in [0.15, 0.2) is 83.7 Å². The van der Waals surface area contributed by atoms with Gasteiger partial charge in [-0.15, -0.1) is 0 Å². The molecule has 144 valence electrons. The van der Waals surface area contributed by atoms with Gasteiger partial charge in [0.25, 0.3) is 11.5 Å². The van der Waals surface area contributed by atoms with Gasteiger partial charge in [0.05, 0.1) is 11.9 Å². The topological polar surface area (TPSA) is 64.0 Å². The van der Waals surface area contributed by atoms with E-state index in [1.807, 2.05) is 67.6 Å². The van der Waals surface area contributed by atoms with Crippen molar-refractivity contribution in [3.63, 3.8) is 0 Å². The maximum absolute atomic E-state index is 13.1. The van der Waals surface area contributed by atoms with Crippen molar-refractivity contribution in [3.8, 4) is 0 Å². The van der Waals surface area contributed by atoms with Crippen LogP contribution in [-0.2, 0) is 13.0 Å². The first-order valence-corrected chi connectivity index (χ1v) is 9.60. The van der Waals surface area contributed by atoms with Gasteiger partial charge in [0.1, 0.15) is 0 Å². The first-order chi connectivity index (χ1) is 14.2. The number of fused-ring (bicyclic) bond motifs is 1. The number of nitrogens with zero attached hydrogens (tertiary/aromatic N) is 2. The number of anilines is 1. The molecule has 3 aromatic carbocycles. The number of rotatable bonds is 5. The lowest BCUT2D eigenvalue weighted by molar-refractivity contribution is 0.102. The highest BCUT2D eigenvalue weighted by Gasteiger charge is 2.17. The fraction of sp³-hybridized carbons (Fsp3) is 0.125. The molecular weight excluding hydrogens is 362 g/mol. The normalized spacial score (nSPS) is 10.8. The minimum Gasteiger partial charge on any atom is -0.320 e. The highest BCUT2D eigenvalue weighted by molar-refractivity contribution is 6.11. The summed E-state index contributed by atoms with van der Waals surface area (Å²) in [4.78, 5) is 26.1. The van der Waals surface area contributed by atoms with Crippen molar-refractivity contribution in [2.24, 2.45) is 0 Å². The Labute approximate surface area is 168 Å². The fourth-order valence-corrected chi connectivity index (χ4v) is 3.40. The minimum absolute atomic E-state index is 0.213. The van der Waals surface area contributed by atoms with E-state index in [4.69, 9.17) is 0 Å². The summed E-state index contributed by atoms with van der Waals surface area (Å²) in [7, 11) is 0. The molecule has 0 aliphatic carbocycles. The molecule has 0 saturated carbocycles. The van der Waals surface area contributed by atoms with E-state index in [-0.39, 0.29) is 17.2 Å². The number of aromatic nitrogens is 2. The average molecular weight is 383 g/mol. The Balaban J connectivity index is 1.79. The highest BCUT2D eigenvalue weighted by atomic mass is 16.2. The molecule has 1 heterocycles. The van der Waals surface area contributed by atoms with Crippen molar-refractivity contribution >= 4 is 22.4 Å². The summed E-state index contributed by atoms with van der Waals surface area (Å²) in [5, 5.41) is 8.43. The molecule has 0 bridgehead atoms. The van der Waals surface area contributed by atoms with Crippen LogP contribution in [0.3, 0.4) is 0 Å². The molecule has 0 fully saturated rings. The molecule has 5 heteroatoms.